The lowest BCUT2D eigenvalue weighted by Gasteiger charge is -1.94. The summed E-state index contributed by atoms with van der Waals surface area (Å²) in [4.78, 5) is 25.0. The minimum atomic E-state index is -0.617. The molecular formula is C10H9N3O2. The number of carbonyl (C=O) groups excluding carboxylic acids is 2. The molecule has 1 rings (SSSR count). The first-order chi connectivity index (χ1) is 7.09. The Morgan fingerprint density at radius 3 is 2.67 bits per heavy atom. The van der Waals surface area contributed by atoms with E-state index in [9.17, 15) is 9.59 Å². The monoisotopic (exact) mass is 203 g/mol. The Hall–Kier alpha value is -2.35. The highest BCUT2D eigenvalue weighted by molar-refractivity contribution is 5.90. The Morgan fingerprint density at radius 2 is 2.07 bits per heavy atom. The van der Waals surface area contributed by atoms with E-state index in [0.717, 1.165) is 0 Å². The fourth-order valence-electron chi connectivity index (χ4n) is 0.863. The van der Waals surface area contributed by atoms with E-state index in [1.165, 1.54) is 6.07 Å². The van der Waals surface area contributed by atoms with Gasteiger partial charge in [0.1, 0.15) is 11.4 Å². The number of hydrogen-bond donors (Lipinski definition) is 2. The number of aromatic nitrogens is 1. The zero-order chi connectivity index (χ0) is 11.3. The molecule has 0 spiro atoms. The van der Waals surface area contributed by atoms with Crippen molar-refractivity contribution >= 4 is 11.8 Å². The summed E-state index contributed by atoms with van der Waals surface area (Å²) in [7, 11) is 0. The minimum absolute atomic E-state index is 0.0392. The van der Waals surface area contributed by atoms with Gasteiger partial charge in [-0.3, -0.25) is 9.59 Å². The van der Waals surface area contributed by atoms with Crippen molar-refractivity contribution < 1.29 is 9.59 Å². The largest absolute Gasteiger partial charge is 0.369 e. The van der Waals surface area contributed by atoms with E-state index in [2.05, 4.69) is 16.8 Å². The van der Waals surface area contributed by atoms with E-state index >= 15 is 0 Å². The van der Waals surface area contributed by atoms with Crippen LogP contribution in [0.4, 0.5) is 0 Å². The van der Waals surface area contributed by atoms with Crippen LogP contribution >= 0.6 is 0 Å². The van der Waals surface area contributed by atoms with Crippen molar-refractivity contribution in [1.82, 2.24) is 4.98 Å². The molecule has 4 N–H and O–H groups in total. The van der Waals surface area contributed by atoms with Crippen LogP contribution in [0.15, 0.2) is 18.2 Å². The molecule has 0 saturated carbocycles. The van der Waals surface area contributed by atoms with E-state index in [0.29, 0.717) is 5.69 Å². The van der Waals surface area contributed by atoms with Gasteiger partial charge in [0.25, 0.3) is 5.91 Å². The molecule has 0 radical (unpaired) electrons. The number of rotatable bonds is 2. The molecule has 1 aromatic heterocycles. The summed E-state index contributed by atoms with van der Waals surface area (Å²) >= 11 is 0. The summed E-state index contributed by atoms with van der Waals surface area (Å²) in [6.45, 7) is 0. The zero-order valence-corrected chi connectivity index (χ0v) is 7.86. The van der Waals surface area contributed by atoms with Crippen molar-refractivity contribution in [3.05, 3.63) is 29.6 Å². The van der Waals surface area contributed by atoms with E-state index < -0.39 is 11.8 Å². The van der Waals surface area contributed by atoms with Crippen LogP contribution in [-0.2, 0) is 4.79 Å². The molecule has 0 aliphatic heterocycles. The summed E-state index contributed by atoms with van der Waals surface area (Å²) < 4.78 is 0. The third kappa shape index (κ3) is 3.48. The van der Waals surface area contributed by atoms with Gasteiger partial charge in [0, 0.05) is 0 Å². The normalized spacial score (nSPS) is 8.80. The Kier molecular flexibility index (Phi) is 3.41. The number of nitrogens with zero attached hydrogens (tertiary/aromatic N) is 1. The molecule has 0 atom stereocenters. The molecule has 76 valence electrons. The number of hydrogen-bond acceptors (Lipinski definition) is 3. The molecule has 1 heterocycles. The third-order valence-corrected chi connectivity index (χ3v) is 1.48. The quantitative estimate of drug-likeness (QED) is 0.628. The van der Waals surface area contributed by atoms with Crippen molar-refractivity contribution in [3.63, 3.8) is 0 Å². The second kappa shape index (κ2) is 4.77. The fourth-order valence-corrected chi connectivity index (χ4v) is 0.863. The SMILES string of the molecule is NC(=O)CC#Cc1cccc(C(N)=O)n1. The van der Waals surface area contributed by atoms with E-state index in [1.807, 2.05) is 0 Å². The molecular weight excluding hydrogens is 194 g/mol. The Bertz CT molecular complexity index is 457. The summed E-state index contributed by atoms with van der Waals surface area (Å²) in [6, 6.07) is 4.71. The van der Waals surface area contributed by atoms with Crippen LogP contribution in [0.3, 0.4) is 0 Å². The Balaban J connectivity index is 2.85. The minimum Gasteiger partial charge on any atom is -0.369 e. The molecule has 5 nitrogen and oxygen atoms in total. The number of primary amides is 2. The molecule has 0 aliphatic rings. The van der Waals surface area contributed by atoms with E-state index in [-0.39, 0.29) is 12.1 Å². The van der Waals surface area contributed by atoms with Gasteiger partial charge in [0.2, 0.25) is 5.91 Å². The van der Waals surface area contributed by atoms with Crippen LogP contribution in [0.25, 0.3) is 0 Å². The number of amides is 2. The lowest BCUT2D eigenvalue weighted by atomic mass is 10.3. The number of carbonyl (C=O) groups is 2. The smallest absolute Gasteiger partial charge is 0.267 e. The van der Waals surface area contributed by atoms with Crippen LogP contribution in [0, 0.1) is 11.8 Å². The average molecular weight is 203 g/mol. The predicted molar refractivity (Wildman–Crippen MR) is 53.4 cm³/mol. The first-order valence-electron chi connectivity index (χ1n) is 4.13. The van der Waals surface area contributed by atoms with Crippen molar-refractivity contribution in [2.45, 2.75) is 6.42 Å². The second-order valence-electron chi connectivity index (χ2n) is 2.72. The first-order valence-corrected chi connectivity index (χ1v) is 4.13. The summed E-state index contributed by atoms with van der Waals surface area (Å²) in [5, 5.41) is 0. The molecule has 0 aromatic carbocycles. The average Bonchev–Trinajstić information content (AvgIpc) is 2.17. The van der Waals surface area contributed by atoms with E-state index in [4.69, 9.17) is 11.5 Å². The number of nitrogens with two attached hydrogens (primary N) is 2. The van der Waals surface area contributed by atoms with Crippen LogP contribution in [0.5, 0.6) is 0 Å². The van der Waals surface area contributed by atoms with Crippen molar-refractivity contribution in [2.75, 3.05) is 0 Å². The van der Waals surface area contributed by atoms with Gasteiger partial charge in [-0.2, -0.15) is 0 Å². The summed E-state index contributed by atoms with van der Waals surface area (Å²) in [5.74, 6) is 4.01. The van der Waals surface area contributed by atoms with Gasteiger partial charge >= 0.3 is 0 Å². The molecule has 5 heteroatoms. The first kappa shape index (κ1) is 10.7. The van der Waals surface area contributed by atoms with E-state index in [1.54, 1.807) is 12.1 Å². The predicted octanol–water partition coefficient (Wildman–Crippen LogP) is -0.593. The van der Waals surface area contributed by atoms with Gasteiger partial charge in [0.15, 0.2) is 0 Å². The summed E-state index contributed by atoms with van der Waals surface area (Å²) in [5.41, 5.74) is 10.5. The molecule has 0 aliphatic carbocycles. The second-order valence-corrected chi connectivity index (χ2v) is 2.72. The fraction of sp³-hybridized carbons (Fsp3) is 0.100. The van der Waals surface area contributed by atoms with Gasteiger partial charge in [-0.25, -0.2) is 4.98 Å². The molecule has 15 heavy (non-hydrogen) atoms. The molecule has 0 unspecified atom stereocenters. The molecule has 0 fully saturated rings. The topological polar surface area (TPSA) is 99.1 Å². The highest BCUT2D eigenvalue weighted by atomic mass is 16.1. The molecule has 1 aromatic rings. The van der Waals surface area contributed by atoms with Gasteiger partial charge in [-0.1, -0.05) is 12.0 Å². The Labute approximate surface area is 86.5 Å². The van der Waals surface area contributed by atoms with Gasteiger partial charge in [-0.15, -0.1) is 0 Å². The van der Waals surface area contributed by atoms with Crippen molar-refractivity contribution in [2.24, 2.45) is 11.5 Å². The zero-order valence-electron chi connectivity index (χ0n) is 7.86. The molecule has 0 saturated heterocycles. The van der Waals surface area contributed by atoms with Crippen molar-refractivity contribution in [1.29, 1.82) is 0 Å². The lowest BCUT2D eigenvalue weighted by Crippen LogP contribution is -2.13. The standard InChI is InChI=1S/C10H9N3O2/c11-9(14)6-2-4-7-3-1-5-8(13-7)10(12)15/h1,3,5H,6H2,(H2,11,14)(H2,12,15). The third-order valence-electron chi connectivity index (χ3n) is 1.48. The molecule has 2 amide bonds. The molecule has 0 bridgehead atoms. The number of pyridine rings is 1. The van der Waals surface area contributed by atoms with Gasteiger partial charge in [0.05, 0.1) is 6.42 Å². The van der Waals surface area contributed by atoms with Crippen LogP contribution in [-0.4, -0.2) is 16.8 Å². The highest BCUT2D eigenvalue weighted by Gasteiger charge is 2.00. The maximum Gasteiger partial charge on any atom is 0.267 e. The lowest BCUT2D eigenvalue weighted by molar-refractivity contribution is -0.117. The maximum absolute atomic E-state index is 10.8. The summed E-state index contributed by atoms with van der Waals surface area (Å²) in [6.07, 6.45) is -0.0392. The maximum atomic E-state index is 10.8. The van der Waals surface area contributed by atoms with Crippen molar-refractivity contribution in [3.8, 4) is 11.8 Å². The Morgan fingerprint density at radius 1 is 1.33 bits per heavy atom. The van der Waals surface area contributed by atoms with Crippen LogP contribution in [0.2, 0.25) is 0 Å². The van der Waals surface area contributed by atoms with Crippen LogP contribution in [0.1, 0.15) is 22.6 Å². The van der Waals surface area contributed by atoms with Crippen LogP contribution < -0.4 is 11.5 Å². The van der Waals surface area contributed by atoms with Gasteiger partial charge in [-0.05, 0) is 18.1 Å². The van der Waals surface area contributed by atoms with Gasteiger partial charge < -0.3 is 11.5 Å². The highest BCUT2D eigenvalue weighted by Crippen LogP contribution is 1.97.